The summed E-state index contributed by atoms with van der Waals surface area (Å²) in [4.78, 5) is 23.3. The summed E-state index contributed by atoms with van der Waals surface area (Å²) in [5, 5.41) is 2.40. The minimum absolute atomic E-state index is 0.0276. The molecule has 1 atom stereocenters. The molecule has 0 bridgehead atoms. The fourth-order valence-corrected chi connectivity index (χ4v) is 1.26. The van der Waals surface area contributed by atoms with Gasteiger partial charge in [0.05, 0.1) is 12.6 Å². The molecule has 0 spiro atoms. The maximum absolute atomic E-state index is 11.1. The van der Waals surface area contributed by atoms with Crippen molar-refractivity contribution in [3.63, 3.8) is 0 Å². The average Bonchev–Trinajstić information content (AvgIpc) is 2.45. The van der Waals surface area contributed by atoms with E-state index in [1.807, 2.05) is 12.2 Å². The molecule has 2 heterocycles. The fraction of sp³-hybridized carbons (Fsp3) is 0.286. The van der Waals surface area contributed by atoms with Crippen molar-refractivity contribution in [1.82, 2.24) is 10.2 Å². The first-order valence-electron chi connectivity index (χ1n) is 3.40. The highest BCUT2D eigenvalue weighted by Crippen LogP contribution is 2.14. The summed E-state index contributed by atoms with van der Waals surface area (Å²) in [5.41, 5.74) is 0. The Morgan fingerprint density at radius 3 is 3.18 bits per heavy atom. The average molecular weight is 151 g/mol. The number of hydrogen-bond acceptors (Lipinski definition) is 2. The van der Waals surface area contributed by atoms with E-state index in [-0.39, 0.29) is 6.04 Å². The van der Waals surface area contributed by atoms with Gasteiger partial charge >= 0.3 is 11.8 Å². The van der Waals surface area contributed by atoms with Crippen LogP contribution in [0.5, 0.6) is 0 Å². The molecule has 0 saturated carbocycles. The van der Waals surface area contributed by atoms with Gasteiger partial charge in [0.25, 0.3) is 0 Å². The number of carbonyl (C=O) groups is 2. The van der Waals surface area contributed by atoms with E-state index in [2.05, 4.69) is 5.32 Å². The molecule has 2 rings (SSSR count). The van der Waals surface area contributed by atoms with Gasteiger partial charge in [-0.05, 0) is 0 Å². The van der Waals surface area contributed by atoms with E-state index in [1.54, 1.807) is 6.54 Å². The zero-order chi connectivity index (χ0) is 7.84. The molecule has 11 heavy (non-hydrogen) atoms. The van der Waals surface area contributed by atoms with Crippen molar-refractivity contribution in [3.8, 4) is 0 Å². The molecule has 2 amide bonds. The number of nitrogens with one attached hydrogen (secondary N) is 1. The van der Waals surface area contributed by atoms with Gasteiger partial charge in [-0.3, -0.25) is 9.59 Å². The molecule has 0 aliphatic carbocycles. The van der Waals surface area contributed by atoms with E-state index < -0.39 is 11.8 Å². The Morgan fingerprint density at radius 1 is 1.55 bits per heavy atom. The molecule has 2 aliphatic rings. The van der Waals surface area contributed by atoms with Crippen molar-refractivity contribution in [3.05, 3.63) is 18.7 Å². The van der Waals surface area contributed by atoms with Crippen LogP contribution in [0.4, 0.5) is 0 Å². The van der Waals surface area contributed by atoms with E-state index >= 15 is 0 Å². The summed E-state index contributed by atoms with van der Waals surface area (Å²) in [6.45, 7) is 2.17. The molecule has 57 valence electrons. The van der Waals surface area contributed by atoms with Crippen LogP contribution in [-0.2, 0) is 9.59 Å². The number of nitrogens with zero attached hydrogens (tertiary/aromatic N) is 1. The van der Waals surface area contributed by atoms with Crippen LogP contribution in [-0.4, -0.2) is 29.3 Å². The van der Waals surface area contributed by atoms with E-state index in [0.29, 0.717) is 6.54 Å². The molecule has 0 aromatic carbocycles. The van der Waals surface area contributed by atoms with E-state index in [1.165, 1.54) is 4.90 Å². The van der Waals surface area contributed by atoms with Gasteiger partial charge in [0.1, 0.15) is 0 Å². The third-order valence-electron chi connectivity index (χ3n) is 1.84. The molecule has 4 nitrogen and oxygen atoms in total. The van der Waals surface area contributed by atoms with E-state index in [4.69, 9.17) is 0 Å². The molecule has 1 unspecified atom stereocenters. The third kappa shape index (κ3) is 0.824. The van der Waals surface area contributed by atoms with Crippen molar-refractivity contribution in [2.24, 2.45) is 0 Å². The third-order valence-corrected chi connectivity index (χ3v) is 1.84. The monoisotopic (exact) mass is 151 g/mol. The Hall–Kier alpha value is -1.32. The zero-order valence-electron chi connectivity index (χ0n) is 5.78. The van der Waals surface area contributed by atoms with Gasteiger partial charge in [0.2, 0.25) is 0 Å². The second kappa shape index (κ2) is 2.08. The zero-order valence-corrected chi connectivity index (χ0v) is 5.78. The number of fused-ring (bicyclic) bond motifs is 1. The highest BCUT2D eigenvalue weighted by Gasteiger charge is 2.34. The van der Waals surface area contributed by atoms with Crippen molar-refractivity contribution in [2.45, 2.75) is 6.04 Å². The topological polar surface area (TPSA) is 49.4 Å². The van der Waals surface area contributed by atoms with Crippen LogP contribution in [0.15, 0.2) is 12.2 Å². The van der Waals surface area contributed by atoms with Crippen molar-refractivity contribution >= 4 is 11.8 Å². The fourth-order valence-electron chi connectivity index (χ4n) is 1.26. The standard InChI is InChI=1S/C7H7N2O2/c10-6-7(11)9-3-1-2-5(9)4-8-6/h1-2,4-5H,3H2,(H,8,10). The summed E-state index contributed by atoms with van der Waals surface area (Å²) in [6, 6.07) is -0.0276. The lowest BCUT2D eigenvalue weighted by atomic mass is 10.2. The molecule has 1 saturated heterocycles. The van der Waals surface area contributed by atoms with Crippen molar-refractivity contribution in [2.75, 3.05) is 6.54 Å². The van der Waals surface area contributed by atoms with Crippen LogP contribution < -0.4 is 5.32 Å². The lowest BCUT2D eigenvalue weighted by molar-refractivity contribution is -0.147. The van der Waals surface area contributed by atoms with Gasteiger partial charge in [-0.15, -0.1) is 0 Å². The van der Waals surface area contributed by atoms with Crippen molar-refractivity contribution in [1.29, 1.82) is 0 Å². The number of hydrogen-bond donors (Lipinski definition) is 1. The predicted molar refractivity (Wildman–Crippen MR) is 37.1 cm³/mol. The molecule has 1 fully saturated rings. The second-order valence-electron chi connectivity index (χ2n) is 2.52. The smallest absolute Gasteiger partial charge is 0.312 e. The Bertz CT molecular complexity index is 247. The van der Waals surface area contributed by atoms with Crippen LogP contribution in [0.25, 0.3) is 0 Å². The molecule has 1 radical (unpaired) electrons. The Labute approximate surface area is 63.9 Å². The Kier molecular flexibility index (Phi) is 1.21. The molecule has 2 aliphatic heterocycles. The number of rotatable bonds is 0. The van der Waals surface area contributed by atoms with Gasteiger partial charge in [0, 0.05) is 6.54 Å². The number of piperazine rings is 1. The van der Waals surface area contributed by atoms with E-state index in [9.17, 15) is 9.59 Å². The van der Waals surface area contributed by atoms with E-state index in [0.717, 1.165) is 0 Å². The summed E-state index contributed by atoms with van der Waals surface area (Å²) in [7, 11) is 0. The van der Waals surface area contributed by atoms with Crippen LogP contribution >= 0.6 is 0 Å². The second-order valence-corrected chi connectivity index (χ2v) is 2.52. The molecular formula is C7H7N2O2. The maximum atomic E-state index is 11.1. The lowest BCUT2D eigenvalue weighted by Crippen LogP contribution is -2.52. The normalized spacial score (nSPS) is 28.7. The summed E-state index contributed by atoms with van der Waals surface area (Å²) >= 11 is 0. The lowest BCUT2D eigenvalue weighted by Gasteiger charge is -2.28. The molecule has 4 heteroatoms. The van der Waals surface area contributed by atoms with Gasteiger partial charge < -0.3 is 10.2 Å². The van der Waals surface area contributed by atoms with Gasteiger partial charge in [0.15, 0.2) is 0 Å². The minimum Gasteiger partial charge on any atom is -0.341 e. The SMILES string of the molecule is O=C1N[CH]C2C=CCN2C1=O. The van der Waals surface area contributed by atoms with Gasteiger partial charge in [-0.2, -0.15) is 0 Å². The summed E-state index contributed by atoms with van der Waals surface area (Å²) < 4.78 is 0. The van der Waals surface area contributed by atoms with Crippen LogP contribution in [0.1, 0.15) is 0 Å². The first kappa shape index (κ1) is 6.39. The quantitative estimate of drug-likeness (QED) is 0.358. The Balaban J connectivity index is 2.22. The van der Waals surface area contributed by atoms with Crippen LogP contribution in [0.3, 0.4) is 0 Å². The Morgan fingerprint density at radius 2 is 2.36 bits per heavy atom. The van der Waals surface area contributed by atoms with Crippen LogP contribution in [0, 0.1) is 6.54 Å². The molecule has 0 aromatic heterocycles. The predicted octanol–water partition coefficient (Wildman–Crippen LogP) is -0.955. The summed E-state index contributed by atoms with van der Waals surface area (Å²) in [5.74, 6) is -0.979. The minimum atomic E-state index is -0.537. The molecule has 0 aromatic rings. The molecule has 1 N–H and O–H groups in total. The number of carbonyl (C=O) groups excluding carboxylic acids is 2. The molecular weight excluding hydrogens is 144 g/mol. The first-order chi connectivity index (χ1) is 5.29. The van der Waals surface area contributed by atoms with Crippen LogP contribution in [0.2, 0.25) is 0 Å². The highest BCUT2D eigenvalue weighted by atomic mass is 16.2. The van der Waals surface area contributed by atoms with Crippen molar-refractivity contribution < 1.29 is 9.59 Å². The van der Waals surface area contributed by atoms with Gasteiger partial charge in [-0.1, -0.05) is 12.2 Å². The maximum Gasteiger partial charge on any atom is 0.312 e. The highest BCUT2D eigenvalue weighted by molar-refractivity contribution is 6.36. The summed E-state index contributed by atoms with van der Waals surface area (Å²) in [6.07, 6.45) is 3.76. The largest absolute Gasteiger partial charge is 0.341 e. The van der Waals surface area contributed by atoms with Gasteiger partial charge in [-0.25, -0.2) is 0 Å². The first-order valence-corrected chi connectivity index (χ1v) is 3.40. The number of amides is 2.